The van der Waals surface area contributed by atoms with E-state index in [2.05, 4.69) is 4.98 Å². The number of benzene rings is 1. The van der Waals surface area contributed by atoms with Crippen molar-refractivity contribution in [3.8, 4) is 0 Å². The van der Waals surface area contributed by atoms with Gasteiger partial charge in [0, 0.05) is 6.20 Å². The van der Waals surface area contributed by atoms with Gasteiger partial charge in [-0.1, -0.05) is 43.7 Å². The number of rotatable bonds is 3. The van der Waals surface area contributed by atoms with Crippen molar-refractivity contribution < 1.29 is 9.59 Å². The van der Waals surface area contributed by atoms with Crippen LogP contribution >= 0.6 is 0 Å². The third kappa shape index (κ3) is 2.43. The molecule has 0 aliphatic carbocycles. The van der Waals surface area contributed by atoms with Gasteiger partial charge in [0.1, 0.15) is 17.9 Å². The van der Waals surface area contributed by atoms with E-state index < -0.39 is 12.1 Å². The molecule has 0 radical (unpaired) electrons. The average Bonchev–Trinajstić information content (AvgIpc) is 2.65. The van der Waals surface area contributed by atoms with Crippen LogP contribution in [0.2, 0.25) is 0 Å². The van der Waals surface area contributed by atoms with Crippen LogP contribution in [0.3, 0.4) is 0 Å². The van der Waals surface area contributed by atoms with Crippen LogP contribution in [0.4, 0.5) is 11.5 Å². The zero-order valence-corrected chi connectivity index (χ0v) is 14.0. The highest BCUT2D eigenvalue weighted by Crippen LogP contribution is 2.37. The Kier molecular flexibility index (Phi) is 3.84. The van der Waals surface area contributed by atoms with Crippen LogP contribution in [-0.4, -0.2) is 23.0 Å². The molecule has 5 nitrogen and oxygen atoms in total. The number of para-hydroxylation sites is 1. The normalized spacial score (nSPS) is 22.0. The summed E-state index contributed by atoms with van der Waals surface area (Å²) < 4.78 is 0. The molecule has 126 valence electrons. The summed E-state index contributed by atoms with van der Waals surface area (Å²) in [7, 11) is 0. The molecule has 1 fully saturated rings. The zero-order valence-electron chi connectivity index (χ0n) is 14.0. The van der Waals surface area contributed by atoms with E-state index in [0.717, 1.165) is 17.7 Å². The maximum atomic E-state index is 13.1. The van der Waals surface area contributed by atoms with E-state index in [-0.39, 0.29) is 11.8 Å². The topological polar surface area (TPSA) is 53.5 Å². The van der Waals surface area contributed by atoms with Gasteiger partial charge in [-0.25, -0.2) is 4.98 Å². The Morgan fingerprint density at radius 1 is 1.00 bits per heavy atom. The van der Waals surface area contributed by atoms with E-state index in [4.69, 9.17) is 0 Å². The molecule has 1 aromatic heterocycles. The van der Waals surface area contributed by atoms with Crippen LogP contribution in [0.15, 0.2) is 54.7 Å². The van der Waals surface area contributed by atoms with Crippen molar-refractivity contribution in [1.29, 1.82) is 0 Å². The predicted molar refractivity (Wildman–Crippen MR) is 96.9 cm³/mol. The third-order valence-electron chi connectivity index (χ3n) is 4.72. The van der Waals surface area contributed by atoms with Gasteiger partial charge in [-0.15, -0.1) is 0 Å². The van der Waals surface area contributed by atoms with Gasteiger partial charge in [0.15, 0.2) is 0 Å². The molecule has 2 unspecified atom stereocenters. The van der Waals surface area contributed by atoms with Gasteiger partial charge in [-0.3, -0.25) is 19.4 Å². The first kappa shape index (κ1) is 15.6. The van der Waals surface area contributed by atoms with Crippen molar-refractivity contribution in [1.82, 2.24) is 4.98 Å². The molecule has 0 spiro atoms. The summed E-state index contributed by atoms with van der Waals surface area (Å²) >= 11 is 0. The van der Waals surface area contributed by atoms with Crippen LogP contribution in [0.5, 0.6) is 0 Å². The van der Waals surface area contributed by atoms with Gasteiger partial charge >= 0.3 is 0 Å². The summed E-state index contributed by atoms with van der Waals surface area (Å²) in [5.41, 5.74) is 1.83. The van der Waals surface area contributed by atoms with Crippen molar-refractivity contribution in [3.05, 3.63) is 60.3 Å². The average molecular weight is 333 g/mol. The van der Waals surface area contributed by atoms with E-state index in [0.29, 0.717) is 12.2 Å². The van der Waals surface area contributed by atoms with Crippen LogP contribution in [0, 0.1) is 5.92 Å². The maximum absolute atomic E-state index is 13.1. The number of carbonyl (C=O) groups is 2. The number of amides is 2. The minimum absolute atomic E-state index is 0.124. The van der Waals surface area contributed by atoms with Gasteiger partial charge in [0.05, 0.1) is 5.69 Å². The number of pyridine rings is 1. The number of carbonyl (C=O) groups excluding carboxylic acids is 2. The molecule has 5 heteroatoms. The van der Waals surface area contributed by atoms with Crippen LogP contribution in [0.25, 0.3) is 6.08 Å². The second-order valence-electron chi connectivity index (χ2n) is 6.28. The number of hydrogen-bond donors (Lipinski definition) is 0. The molecule has 0 saturated carbocycles. The van der Waals surface area contributed by atoms with E-state index in [1.54, 1.807) is 16.0 Å². The Labute approximate surface area is 146 Å². The molecule has 2 aromatic rings. The number of anilines is 2. The molecular formula is C20H19N3O2. The maximum Gasteiger partial charge on any atom is 0.242 e. The van der Waals surface area contributed by atoms with Crippen LogP contribution in [-0.2, 0) is 9.59 Å². The number of aromatic nitrogens is 1. The molecular weight excluding hydrogens is 314 g/mol. The highest BCUT2D eigenvalue weighted by atomic mass is 16.2. The summed E-state index contributed by atoms with van der Waals surface area (Å²) in [4.78, 5) is 34.0. The fourth-order valence-corrected chi connectivity index (χ4v) is 3.57. The van der Waals surface area contributed by atoms with E-state index in [9.17, 15) is 9.59 Å². The van der Waals surface area contributed by atoms with E-state index in [1.807, 2.05) is 61.5 Å². The largest absolute Gasteiger partial charge is 0.286 e. The first-order valence-corrected chi connectivity index (χ1v) is 8.56. The first-order valence-electron chi connectivity index (χ1n) is 8.56. The van der Waals surface area contributed by atoms with Gasteiger partial charge < -0.3 is 0 Å². The number of nitrogens with zero attached hydrogens (tertiary/aromatic N) is 3. The predicted octanol–water partition coefficient (Wildman–Crippen LogP) is 3.23. The second kappa shape index (κ2) is 6.16. The van der Waals surface area contributed by atoms with Crippen molar-refractivity contribution in [2.45, 2.75) is 25.9 Å². The lowest BCUT2D eigenvalue weighted by Crippen LogP contribution is -2.63. The molecule has 1 aromatic carbocycles. The Morgan fingerprint density at radius 2 is 1.76 bits per heavy atom. The minimum atomic E-state index is -0.664. The second-order valence-corrected chi connectivity index (χ2v) is 6.28. The molecule has 4 rings (SSSR count). The van der Waals surface area contributed by atoms with Crippen molar-refractivity contribution >= 4 is 29.4 Å². The zero-order chi connectivity index (χ0) is 17.4. The quantitative estimate of drug-likeness (QED) is 0.810. The molecule has 3 heterocycles. The van der Waals surface area contributed by atoms with Crippen molar-refractivity contribution in [3.63, 3.8) is 0 Å². The summed E-state index contributed by atoms with van der Waals surface area (Å²) in [6.45, 7) is 1.99. The SMILES string of the molecule is CCCC1C(=O)N(c2ccccn2)C2C=Cc3ccccc3N2C1=O. The molecule has 0 N–H and O–H groups in total. The van der Waals surface area contributed by atoms with Gasteiger partial charge in [0.25, 0.3) is 0 Å². The highest BCUT2D eigenvalue weighted by Gasteiger charge is 2.47. The minimum Gasteiger partial charge on any atom is -0.286 e. The lowest BCUT2D eigenvalue weighted by molar-refractivity contribution is -0.135. The molecule has 2 aliphatic heterocycles. The smallest absolute Gasteiger partial charge is 0.242 e. The Hall–Kier alpha value is -2.95. The molecule has 0 bridgehead atoms. The van der Waals surface area contributed by atoms with Gasteiger partial charge in [-0.05, 0) is 36.3 Å². The Morgan fingerprint density at radius 3 is 2.52 bits per heavy atom. The molecule has 2 aliphatic rings. The standard InChI is InChI=1S/C20H19N3O2/c1-2-7-15-19(24)22-16-9-4-3-8-14(16)11-12-18(22)23(20(15)25)17-10-5-6-13-21-17/h3-6,8-13,15,18H,2,7H2,1H3. The van der Waals surface area contributed by atoms with Gasteiger partial charge in [0.2, 0.25) is 11.8 Å². The molecule has 2 atom stereocenters. The lowest BCUT2D eigenvalue weighted by atomic mass is 9.93. The fraction of sp³-hybridized carbons (Fsp3) is 0.250. The van der Waals surface area contributed by atoms with E-state index >= 15 is 0 Å². The third-order valence-corrected chi connectivity index (χ3v) is 4.72. The summed E-state index contributed by atoms with van der Waals surface area (Å²) in [5.74, 6) is -0.389. The Bertz CT molecular complexity index is 847. The fourth-order valence-electron chi connectivity index (χ4n) is 3.57. The van der Waals surface area contributed by atoms with Gasteiger partial charge in [-0.2, -0.15) is 0 Å². The van der Waals surface area contributed by atoms with Crippen LogP contribution in [0.1, 0.15) is 25.3 Å². The van der Waals surface area contributed by atoms with Crippen LogP contribution < -0.4 is 9.80 Å². The summed E-state index contributed by atoms with van der Waals surface area (Å²) in [6.07, 6.45) is 6.36. The first-order chi connectivity index (χ1) is 12.2. The molecule has 1 saturated heterocycles. The molecule has 2 amide bonds. The summed E-state index contributed by atoms with van der Waals surface area (Å²) in [6, 6.07) is 13.2. The van der Waals surface area contributed by atoms with E-state index in [1.165, 1.54) is 0 Å². The van der Waals surface area contributed by atoms with Crippen molar-refractivity contribution in [2.24, 2.45) is 5.92 Å². The lowest BCUT2D eigenvalue weighted by Gasteiger charge is -2.46. The highest BCUT2D eigenvalue weighted by molar-refractivity contribution is 6.18. The molecule has 25 heavy (non-hydrogen) atoms. The van der Waals surface area contributed by atoms with Crippen molar-refractivity contribution in [2.75, 3.05) is 9.80 Å². The monoisotopic (exact) mass is 333 g/mol. The number of hydrogen-bond acceptors (Lipinski definition) is 3. The Balaban J connectivity index is 1.86. The number of fused-ring (bicyclic) bond motifs is 3. The summed E-state index contributed by atoms with van der Waals surface area (Å²) in [5, 5.41) is 0.